The van der Waals surface area contributed by atoms with Crippen LogP contribution in [0.25, 0.3) is 21.1 Å². The molecule has 1 N–H and O–H groups in total. The van der Waals surface area contributed by atoms with Crippen molar-refractivity contribution >= 4 is 38.4 Å². The van der Waals surface area contributed by atoms with Crippen LogP contribution in [-0.4, -0.2) is 47.1 Å². The fourth-order valence-corrected chi connectivity index (χ4v) is 5.51. The van der Waals surface area contributed by atoms with Gasteiger partial charge in [0.15, 0.2) is 0 Å². The summed E-state index contributed by atoms with van der Waals surface area (Å²) in [5, 5.41) is 5.07. The summed E-state index contributed by atoms with van der Waals surface area (Å²) in [5.74, 6) is -0.0808. The Morgan fingerprint density at radius 3 is 2.97 bits per heavy atom. The van der Waals surface area contributed by atoms with Crippen LogP contribution >= 0.6 is 11.3 Å². The molecule has 154 valence electrons. The van der Waals surface area contributed by atoms with Gasteiger partial charge in [-0.25, -0.2) is 4.98 Å². The maximum absolute atomic E-state index is 12.6. The van der Waals surface area contributed by atoms with Gasteiger partial charge in [0.05, 0.1) is 12.7 Å². The van der Waals surface area contributed by atoms with E-state index in [1.807, 2.05) is 12.1 Å². The molecule has 1 fully saturated rings. The molecule has 30 heavy (non-hydrogen) atoms. The summed E-state index contributed by atoms with van der Waals surface area (Å²) in [7, 11) is 3.76. The summed E-state index contributed by atoms with van der Waals surface area (Å²) >= 11 is 1.44. The van der Waals surface area contributed by atoms with E-state index < -0.39 is 0 Å². The van der Waals surface area contributed by atoms with Gasteiger partial charge in [-0.3, -0.25) is 9.69 Å². The molecule has 1 saturated heterocycles. The monoisotopic (exact) mass is 420 g/mol. The van der Waals surface area contributed by atoms with E-state index in [1.165, 1.54) is 27.8 Å². The molecule has 1 aliphatic rings. The van der Waals surface area contributed by atoms with E-state index in [0.29, 0.717) is 11.5 Å². The van der Waals surface area contributed by atoms with Crippen molar-refractivity contribution in [2.75, 3.05) is 26.7 Å². The van der Waals surface area contributed by atoms with Crippen LogP contribution in [-0.2, 0) is 18.3 Å². The average Bonchev–Trinajstić information content (AvgIpc) is 3.32. The SMILES string of the molecule is CNC(=O)c1sc2ncccc2c1[C@@H]1CN(Cc2cn(C)c3ccccc23)CCO1. The van der Waals surface area contributed by atoms with Crippen molar-refractivity contribution in [3.8, 4) is 0 Å². The predicted molar refractivity (Wildman–Crippen MR) is 120 cm³/mol. The van der Waals surface area contributed by atoms with Crippen LogP contribution in [0, 0.1) is 0 Å². The highest BCUT2D eigenvalue weighted by atomic mass is 32.1. The molecule has 5 rings (SSSR count). The largest absolute Gasteiger partial charge is 0.371 e. The van der Waals surface area contributed by atoms with Crippen LogP contribution in [0.4, 0.5) is 0 Å². The molecule has 1 atom stereocenters. The number of fused-ring (bicyclic) bond motifs is 2. The standard InChI is InChI=1S/C23H24N4O2S/c1-24-22(28)21-20(17-7-5-9-25-23(17)30-21)19-14-27(10-11-29-19)13-15-12-26(2)18-8-4-3-6-16(15)18/h3-9,12,19H,10-11,13-14H2,1-2H3,(H,24,28)/t19-/m0/s1. The van der Waals surface area contributed by atoms with E-state index >= 15 is 0 Å². The number of ether oxygens (including phenoxy) is 1. The van der Waals surface area contributed by atoms with E-state index in [9.17, 15) is 4.79 Å². The number of aryl methyl sites for hydroxylation is 1. The summed E-state index contributed by atoms with van der Waals surface area (Å²) in [6.45, 7) is 3.11. The predicted octanol–water partition coefficient (Wildman–Crippen LogP) is 3.72. The molecular weight excluding hydrogens is 396 g/mol. The van der Waals surface area contributed by atoms with Gasteiger partial charge in [-0.1, -0.05) is 24.3 Å². The number of hydrogen-bond acceptors (Lipinski definition) is 5. The number of nitrogens with one attached hydrogen (secondary N) is 1. The van der Waals surface area contributed by atoms with Crippen molar-refractivity contribution < 1.29 is 9.53 Å². The number of carbonyl (C=O) groups excluding carboxylic acids is 1. The van der Waals surface area contributed by atoms with Crippen molar-refractivity contribution in [1.82, 2.24) is 19.8 Å². The quantitative estimate of drug-likeness (QED) is 0.547. The van der Waals surface area contributed by atoms with Gasteiger partial charge in [0, 0.05) is 68.0 Å². The van der Waals surface area contributed by atoms with Gasteiger partial charge in [-0.05, 0) is 17.7 Å². The summed E-state index contributed by atoms with van der Waals surface area (Å²) in [4.78, 5) is 21.0. The van der Waals surface area contributed by atoms with Crippen LogP contribution in [0.2, 0.25) is 0 Å². The first-order chi connectivity index (χ1) is 14.7. The van der Waals surface area contributed by atoms with Crippen molar-refractivity contribution in [1.29, 1.82) is 0 Å². The summed E-state index contributed by atoms with van der Waals surface area (Å²) < 4.78 is 8.36. The topological polar surface area (TPSA) is 59.4 Å². The minimum atomic E-state index is -0.154. The van der Waals surface area contributed by atoms with Gasteiger partial charge in [0.1, 0.15) is 9.71 Å². The third kappa shape index (κ3) is 3.29. The zero-order chi connectivity index (χ0) is 20.7. The summed E-state index contributed by atoms with van der Waals surface area (Å²) in [6.07, 6.45) is 3.83. The molecule has 3 aromatic heterocycles. The molecule has 0 aliphatic carbocycles. The number of pyridine rings is 1. The Morgan fingerprint density at radius 1 is 1.27 bits per heavy atom. The zero-order valence-corrected chi connectivity index (χ0v) is 17.9. The first-order valence-corrected chi connectivity index (χ1v) is 10.9. The van der Waals surface area contributed by atoms with Crippen LogP contribution in [0.1, 0.15) is 26.9 Å². The second kappa shape index (κ2) is 7.83. The van der Waals surface area contributed by atoms with Gasteiger partial charge < -0.3 is 14.6 Å². The van der Waals surface area contributed by atoms with Crippen molar-refractivity contribution in [3.05, 3.63) is 64.8 Å². The van der Waals surface area contributed by atoms with Crippen molar-refractivity contribution in [3.63, 3.8) is 0 Å². The molecular formula is C23H24N4O2S. The van der Waals surface area contributed by atoms with E-state index in [0.717, 1.165) is 35.4 Å². The van der Waals surface area contributed by atoms with Gasteiger partial charge in [-0.2, -0.15) is 0 Å². The van der Waals surface area contributed by atoms with E-state index in [1.54, 1.807) is 13.2 Å². The third-order valence-electron chi connectivity index (χ3n) is 5.78. The lowest BCUT2D eigenvalue weighted by Gasteiger charge is -2.33. The van der Waals surface area contributed by atoms with E-state index in [-0.39, 0.29) is 12.0 Å². The molecule has 1 amide bonds. The smallest absolute Gasteiger partial charge is 0.261 e. The molecule has 4 heterocycles. The Hall–Kier alpha value is -2.74. The molecule has 1 aliphatic heterocycles. The third-order valence-corrected chi connectivity index (χ3v) is 6.91. The normalized spacial score (nSPS) is 17.6. The van der Waals surface area contributed by atoms with Gasteiger partial charge in [0.2, 0.25) is 0 Å². The second-order valence-electron chi connectivity index (χ2n) is 7.66. The fraction of sp³-hybridized carbons (Fsp3) is 0.304. The molecule has 1 aromatic carbocycles. The highest BCUT2D eigenvalue weighted by molar-refractivity contribution is 7.20. The maximum atomic E-state index is 12.6. The van der Waals surface area contributed by atoms with Crippen LogP contribution in [0.5, 0.6) is 0 Å². The first-order valence-electron chi connectivity index (χ1n) is 10.1. The molecule has 7 heteroatoms. The lowest BCUT2D eigenvalue weighted by molar-refractivity contribution is -0.0322. The number of rotatable bonds is 4. The van der Waals surface area contributed by atoms with Crippen molar-refractivity contribution in [2.45, 2.75) is 12.6 Å². The average molecular weight is 421 g/mol. The lowest BCUT2D eigenvalue weighted by atomic mass is 10.0. The Labute approximate surface area is 179 Å². The number of thiophene rings is 1. The van der Waals surface area contributed by atoms with Gasteiger partial charge in [0.25, 0.3) is 5.91 Å². The number of morpholine rings is 1. The Balaban J connectivity index is 1.47. The fourth-order valence-electron chi connectivity index (χ4n) is 4.37. The highest BCUT2D eigenvalue weighted by Crippen LogP contribution is 2.37. The molecule has 0 saturated carbocycles. The van der Waals surface area contributed by atoms with Gasteiger partial charge in [-0.15, -0.1) is 11.3 Å². The molecule has 0 radical (unpaired) electrons. The second-order valence-corrected chi connectivity index (χ2v) is 8.66. The van der Waals surface area contributed by atoms with Gasteiger partial charge >= 0.3 is 0 Å². The Bertz CT molecular complexity index is 1230. The van der Waals surface area contributed by atoms with Crippen LogP contribution in [0.15, 0.2) is 48.8 Å². The minimum Gasteiger partial charge on any atom is -0.371 e. The van der Waals surface area contributed by atoms with Crippen LogP contribution in [0.3, 0.4) is 0 Å². The molecule has 4 aromatic rings. The number of carbonyl (C=O) groups is 1. The molecule has 0 bridgehead atoms. The maximum Gasteiger partial charge on any atom is 0.261 e. The van der Waals surface area contributed by atoms with Crippen LogP contribution < -0.4 is 5.32 Å². The number of aromatic nitrogens is 2. The number of para-hydroxylation sites is 1. The Kier molecular flexibility index (Phi) is 5.02. The number of hydrogen-bond donors (Lipinski definition) is 1. The Morgan fingerprint density at radius 2 is 2.10 bits per heavy atom. The zero-order valence-electron chi connectivity index (χ0n) is 17.1. The summed E-state index contributed by atoms with van der Waals surface area (Å²) in [6, 6.07) is 12.5. The van der Waals surface area contributed by atoms with E-state index in [2.05, 4.69) is 57.3 Å². The number of nitrogens with zero attached hydrogens (tertiary/aromatic N) is 3. The minimum absolute atomic E-state index is 0.0808. The number of amides is 1. The van der Waals surface area contributed by atoms with Crippen molar-refractivity contribution in [2.24, 2.45) is 7.05 Å². The summed E-state index contributed by atoms with van der Waals surface area (Å²) in [5.41, 5.74) is 3.52. The van der Waals surface area contributed by atoms with E-state index in [4.69, 9.17) is 4.74 Å². The first kappa shape index (κ1) is 19.2. The number of benzene rings is 1. The highest BCUT2D eigenvalue weighted by Gasteiger charge is 2.30. The molecule has 6 nitrogen and oxygen atoms in total. The molecule has 0 spiro atoms. The lowest BCUT2D eigenvalue weighted by Crippen LogP contribution is -2.38. The molecule has 0 unspecified atom stereocenters.